The summed E-state index contributed by atoms with van der Waals surface area (Å²) in [5.41, 5.74) is 1.84. The summed E-state index contributed by atoms with van der Waals surface area (Å²) in [7, 11) is 0. The average molecular weight is 310 g/mol. The van der Waals surface area contributed by atoms with E-state index in [1.165, 1.54) is 17.1 Å². The summed E-state index contributed by atoms with van der Waals surface area (Å²) in [5, 5.41) is 9.26. The van der Waals surface area contributed by atoms with Gasteiger partial charge >= 0.3 is 6.09 Å². The third kappa shape index (κ3) is 5.43. The van der Waals surface area contributed by atoms with Crippen molar-refractivity contribution in [2.24, 2.45) is 0 Å². The van der Waals surface area contributed by atoms with Gasteiger partial charge in [0.25, 0.3) is 0 Å². The van der Waals surface area contributed by atoms with Crippen molar-refractivity contribution in [1.82, 2.24) is 19.8 Å². The summed E-state index contributed by atoms with van der Waals surface area (Å²) in [6.07, 6.45) is 2.74. The Morgan fingerprint density at radius 1 is 1.48 bits per heavy atom. The molecule has 1 aromatic heterocycles. The Labute approximate surface area is 129 Å². The van der Waals surface area contributed by atoms with Crippen LogP contribution in [0.1, 0.15) is 32.9 Å². The molecule has 1 aliphatic heterocycles. The monoisotopic (exact) mass is 310 g/mol. The highest BCUT2D eigenvalue weighted by Gasteiger charge is 2.23. The van der Waals surface area contributed by atoms with Crippen molar-refractivity contribution in [3.8, 4) is 0 Å². The molecule has 1 N–H and O–H groups in total. The predicted octanol–water partition coefficient (Wildman–Crippen LogP) is 2.19. The highest BCUT2D eigenvalue weighted by atomic mass is 32.1. The summed E-state index contributed by atoms with van der Waals surface area (Å²) < 4.78 is 9.20. The van der Waals surface area contributed by atoms with Crippen LogP contribution < -0.4 is 5.32 Å². The average Bonchev–Trinajstić information content (AvgIpc) is 2.91. The van der Waals surface area contributed by atoms with E-state index in [1.54, 1.807) is 4.90 Å². The molecular formula is C14H22N4O2S. The summed E-state index contributed by atoms with van der Waals surface area (Å²) in [6, 6.07) is 0. The molecule has 2 rings (SSSR count). The third-order valence-corrected chi connectivity index (χ3v) is 3.57. The fourth-order valence-electron chi connectivity index (χ4n) is 1.98. The third-order valence-electron chi connectivity index (χ3n) is 3.02. The van der Waals surface area contributed by atoms with Gasteiger partial charge in [-0.25, -0.2) is 4.79 Å². The zero-order valence-electron chi connectivity index (χ0n) is 12.8. The van der Waals surface area contributed by atoms with Crippen molar-refractivity contribution in [2.45, 2.75) is 39.3 Å². The number of carbonyl (C=O) groups is 1. The molecule has 2 heterocycles. The van der Waals surface area contributed by atoms with Crippen LogP contribution in [0.2, 0.25) is 0 Å². The van der Waals surface area contributed by atoms with E-state index in [4.69, 9.17) is 4.74 Å². The summed E-state index contributed by atoms with van der Waals surface area (Å²) in [6.45, 7) is 8.52. The molecule has 0 unspecified atom stereocenters. The Balaban J connectivity index is 1.73. The Morgan fingerprint density at radius 2 is 2.29 bits per heavy atom. The lowest BCUT2D eigenvalue weighted by molar-refractivity contribution is 0.0265. The first-order chi connectivity index (χ1) is 9.94. The van der Waals surface area contributed by atoms with Crippen LogP contribution in [0, 0.1) is 0 Å². The van der Waals surface area contributed by atoms with Gasteiger partial charge in [0.15, 0.2) is 0 Å². The Hall–Kier alpha value is -1.47. The van der Waals surface area contributed by atoms with Crippen LogP contribution in [0.4, 0.5) is 4.79 Å². The summed E-state index contributed by atoms with van der Waals surface area (Å²) >= 11 is 1.36. The molecule has 0 radical (unpaired) electrons. The number of amides is 1. The molecule has 0 aromatic carbocycles. The first-order valence-corrected chi connectivity index (χ1v) is 7.90. The predicted molar refractivity (Wildman–Crippen MR) is 82.1 cm³/mol. The first kappa shape index (κ1) is 15.9. The van der Waals surface area contributed by atoms with Gasteiger partial charge in [-0.15, -0.1) is 5.10 Å². The van der Waals surface area contributed by atoms with E-state index < -0.39 is 5.60 Å². The number of aromatic nitrogens is 2. The van der Waals surface area contributed by atoms with Crippen molar-refractivity contribution in [1.29, 1.82) is 0 Å². The quantitative estimate of drug-likeness (QED) is 0.864. The SMILES string of the molecule is CC(C)(C)OC(=O)N1CC=C(CNCc2csnn2)CC1. The minimum Gasteiger partial charge on any atom is -0.444 e. The van der Waals surface area contributed by atoms with Gasteiger partial charge in [0.05, 0.1) is 5.69 Å². The normalized spacial score (nSPS) is 15.8. The number of ether oxygens (including phenoxy) is 1. The van der Waals surface area contributed by atoms with Gasteiger partial charge < -0.3 is 15.0 Å². The maximum atomic E-state index is 11.9. The molecule has 7 heteroatoms. The first-order valence-electron chi connectivity index (χ1n) is 7.06. The van der Waals surface area contributed by atoms with E-state index >= 15 is 0 Å². The largest absolute Gasteiger partial charge is 0.444 e. The van der Waals surface area contributed by atoms with Gasteiger partial charge in [0, 0.05) is 31.6 Å². The van der Waals surface area contributed by atoms with Crippen molar-refractivity contribution in [2.75, 3.05) is 19.6 Å². The van der Waals surface area contributed by atoms with Crippen molar-refractivity contribution in [3.63, 3.8) is 0 Å². The second kappa shape index (κ2) is 7.00. The van der Waals surface area contributed by atoms with E-state index in [1.807, 2.05) is 26.2 Å². The molecule has 21 heavy (non-hydrogen) atoms. The van der Waals surface area contributed by atoms with E-state index in [0.717, 1.165) is 25.2 Å². The van der Waals surface area contributed by atoms with Crippen LogP contribution in [-0.2, 0) is 11.3 Å². The number of nitrogens with zero attached hydrogens (tertiary/aromatic N) is 3. The van der Waals surface area contributed by atoms with E-state index in [9.17, 15) is 4.79 Å². The van der Waals surface area contributed by atoms with Gasteiger partial charge in [0.2, 0.25) is 0 Å². The van der Waals surface area contributed by atoms with Gasteiger partial charge in [-0.3, -0.25) is 0 Å². The van der Waals surface area contributed by atoms with Crippen LogP contribution in [0.15, 0.2) is 17.0 Å². The van der Waals surface area contributed by atoms with Crippen LogP contribution in [0.5, 0.6) is 0 Å². The van der Waals surface area contributed by atoms with E-state index in [2.05, 4.69) is 21.0 Å². The lowest BCUT2D eigenvalue weighted by atomic mass is 10.1. The Kier molecular flexibility index (Phi) is 5.30. The minimum atomic E-state index is -0.440. The molecule has 0 saturated heterocycles. The summed E-state index contributed by atoms with van der Waals surface area (Å²) in [4.78, 5) is 13.7. The molecule has 0 spiro atoms. The van der Waals surface area contributed by atoms with Crippen molar-refractivity contribution in [3.05, 3.63) is 22.7 Å². The Bertz CT molecular complexity index is 494. The molecule has 1 amide bonds. The summed E-state index contributed by atoms with van der Waals surface area (Å²) in [5.74, 6) is 0. The lowest BCUT2D eigenvalue weighted by Crippen LogP contribution is -2.39. The van der Waals surface area contributed by atoms with Crippen LogP contribution in [-0.4, -0.2) is 45.8 Å². The van der Waals surface area contributed by atoms with E-state index in [-0.39, 0.29) is 6.09 Å². The highest BCUT2D eigenvalue weighted by molar-refractivity contribution is 7.03. The van der Waals surface area contributed by atoms with Gasteiger partial charge in [0.1, 0.15) is 5.60 Å². The van der Waals surface area contributed by atoms with Gasteiger partial charge in [-0.1, -0.05) is 16.1 Å². The number of hydrogen-bond acceptors (Lipinski definition) is 6. The standard InChI is InChI=1S/C14H22N4O2S/c1-14(2,3)20-13(19)18-6-4-11(5-7-18)8-15-9-12-10-21-17-16-12/h4,10,15H,5-9H2,1-3H3. The highest BCUT2D eigenvalue weighted by Crippen LogP contribution is 2.15. The zero-order valence-corrected chi connectivity index (χ0v) is 13.6. The molecule has 0 aliphatic carbocycles. The molecule has 1 aliphatic rings. The fraction of sp³-hybridized carbons (Fsp3) is 0.643. The molecule has 116 valence electrons. The van der Waals surface area contributed by atoms with Crippen LogP contribution in [0.25, 0.3) is 0 Å². The number of hydrogen-bond donors (Lipinski definition) is 1. The van der Waals surface area contributed by atoms with E-state index in [0.29, 0.717) is 13.1 Å². The molecule has 1 aromatic rings. The van der Waals surface area contributed by atoms with Crippen LogP contribution >= 0.6 is 11.5 Å². The number of carbonyl (C=O) groups excluding carboxylic acids is 1. The topological polar surface area (TPSA) is 67.3 Å². The van der Waals surface area contributed by atoms with Gasteiger partial charge in [-0.05, 0) is 38.7 Å². The fourth-order valence-corrected chi connectivity index (χ4v) is 2.43. The second-order valence-corrected chi connectivity index (χ2v) is 6.65. The lowest BCUT2D eigenvalue weighted by Gasteiger charge is -2.29. The minimum absolute atomic E-state index is 0.237. The number of nitrogens with one attached hydrogen (secondary N) is 1. The molecular weight excluding hydrogens is 288 g/mol. The molecule has 0 fully saturated rings. The van der Waals surface area contributed by atoms with Crippen LogP contribution in [0.3, 0.4) is 0 Å². The maximum Gasteiger partial charge on any atom is 0.410 e. The second-order valence-electron chi connectivity index (χ2n) is 6.04. The Morgan fingerprint density at radius 3 is 2.86 bits per heavy atom. The zero-order chi connectivity index (χ0) is 15.3. The van der Waals surface area contributed by atoms with Crippen molar-refractivity contribution >= 4 is 17.6 Å². The molecule has 0 atom stereocenters. The van der Waals surface area contributed by atoms with Crippen molar-refractivity contribution < 1.29 is 9.53 Å². The smallest absolute Gasteiger partial charge is 0.410 e. The molecule has 6 nitrogen and oxygen atoms in total. The molecule has 0 saturated carbocycles. The molecule has 0 bridgehead atoms. The van der Waals surface area contributed by atoms with Gasteiger partial charge in [-0.2, -0.15) is 0 Å². The number of rotatable bonds is 4. The maximum absolute atomic E-state index is 11.9.